The molecule has 4 aliphatic rings. The van der Waals surface area contributed by atoms with Gasteiger partial charge in [0.2, 0.25) is 5.91 Å². The zero-order valence-corrected chi connectivity index (χ0v) is 20.9. The van der Waals surface area contributed by atoms with E-state index in [1.165, 1.54) is 0 Å². The largest absolute Gasteiger partial charge is 0.362 e. The summed E-state index contributed by atoms with van der Waals surface area (Å²) >= 11 is 6.13. The van der Waals surface area contributed by atoms with E-state index in [2.05, 4.69) is 20.9 Å². The molecule has 0 bridgehead atoms. The van der Waals surface area contributed by atoms with Crippen molar-refractivity contribution >= 4 is 35.0 Å². The van der Waals surface area contributed by atoms with Crippen molar-refractivity contribution < 1.29 is 14.4 Å². The molecule has 3 heterocycles. The van der Waals surface area contributed by atoms with Crippen molar-refractivity contribution in [2.45, 2.75) is 38.1 Å². The topological polar surface area (TPSA) is 97.0 Å². The number of amides is 3. The van der Waals surface area contributed by atoms with Crippen LogP contribution < -0.4 is 20.9 Å². The summed E-state index contributed by atoms with van der Waals surface area (Å²) < 4.78 is 0. The Kier molecular flexibility index (Phi) is 6.63. The lowest BCUT2D eigenvalue weighted by Crippen LogP contribution is -2.49. The molecule has 3 N–H and O–H groups in total. The molecule has 2 saturated heterocycles. The lowest BCUT2D eigenvalue weighted by atomic mass is 9.71. The predicted octanol–water partition coefficient (Wildman–Crippen LogP) is 1.26. The fourth-order valence-corrected chi connectivity index (χ4v) is 5.87. The molecular weight excluding hydrogens is 468 g/mol. The highest BCUT2D eigenvalue weighted by atomic mass is 35.5. The van der Waals surface area contributed by atoms with Crippen LogP contribution in [-0.4, -0.2) is 80.0 Å². The summed E-state index contributed by atoms with van der Waals surface area (Å²) in [4.78, 5) is 45.3. The van der Waals surface area contributed by atoms with Crippen LogP contribution in [0.3, 0.4) is 0 Å². The van der Waals surface area contributed by atoms with Gasteiger partial charge in [0, 0.05) is 49.5 Å². The fraction of sp³-hybridized carbons (Fsp3) is 0.560. The number of piperazine rings is 1. The maximum absolute atomic E-state index is 13.3. The zero-order valence-electron chi connectivity index (χ0n) is 20.1. The molecule has 0 aromatic heterocycles. The van der Waals surface area contributed by atoms with Crippen LogP contribution in [0.1, 0.15) is 32.1 Å². The second-order valence-corrected chi connectivity index (χ2v) is 10.5. The molecule has 1 aromatic carbocycles. The van der Waals surface area contributed by atoms with E-state index >= 15 is 0 Å². The third-order valence-corrected chi connectivity index (χ3v) is 8.16. The average molecular weight is 501 g/mol. The van der Waals surface area contributed by atoms with E-state index in [1.807, 2.05) is 36.2 Å². The number of benzene rings is 1. The first-order chi connectivity index (χ1) is 16.9. The standard InChI is InChI=1S/C25H33ClN6O3/c1-30-11-13-31(14-12-30)23(34)21-20(27-16-28-21)22(33)29-18-5-7-25(8-6-18)9-10-32(24(25)35)19-4-2-3-17(26)15-19/h2-4,15,18,27-28H,5-14,16H2,1H3,(H,29,33)/t18-,25-. The van der Waals surface area contributed by atoms with Crippen LogP contribution in [0.15, 0.2) is 35.7 Å². The van der Waals surface area contributed by atoms with Gasteiger partial charge in [-0.2, -0.15) is 0 Å². The van der Waals surface area contributed by atoms with Gasteiger partial charge >= 0.3 is 0 Å². The minimum absolute atomic E-state index is 0.0176. The molecule has 1 spiro atoms. The number of carbonyl (C=O) groups excluding carboxylic acids is 3. The van der Waals surface area contributed by atoms with Gasteiger partial charge in [-0.25, -0.2) is 0 Å². The highest BCUT2D eigenvalue weighted by molar-refractivity contribution is 6.31. The van der Waals surface area contributed by atoms with Crippen molar-refractivity contribution in [1.82, 2.24) is 25.8 Å². The van der Waals surface area contributed by atoms with Crippen LogP contribution >= 0.6 is 11.6 Å². The molecule has 9 nitrogen and oxygen atoms in total. The normalized spacial score (nSPS) is 27.3. The maximum Gasteiger partial charge on any atom is 0.272 e. The van der Waals surface area contributed by atoms with E-state index in [4.69, 9.17) is 11.6 Å². The Bertz CT molecular complexity index is 1040. The van der Waals surface area contributed by atoms with Crippen LogP contribution in [0, 0.1) is 5.41 Å². The minimum atomic E-state index is -0.363. The van der Waals surface area contributed by atoms with E-state index in [1.54, 1.807) is 4.90 Å². The van der Waals surface area contributed by atoms with Crippen LogP contribution in [0.25, 0.3) is 0 Å². The molecule has 1 aliphatic carbocycles. The summed E-state index contributed by atoms with van der Waals surface area (Å²) in [5.74, 6) is -0.228. The quantitative estimate of drug-likeness (QED) is 0.576. The second kappa shape index (κ2) is 9.70. The number of halogens is 1. The van der Waals surface area contributed by atoms with E-state index in [9.17, 15) is 14.4 Å². The van der Waals surface area contributed by atoms with Crippen LogP contribution in [0.5, 0.6) is 0 Å². The molecule has 3 amide bonds. The highest BCUT2D eigenvalue weighted by Gasteiger charge is 2.49. The lowest BCUT2D eigenvalue weighted by Gasteiger charge is -2.36. The van der Waals surface area contributed by atoms with Gasteiger partial charge in [-0.3, -0.25) is 14.4 Å². The van der Waals surface area contributed by atoms with Gasteiger partial charge in [-0.05, 0) is 57.4 Å². The minimum Gasteiger partial charge on any atom is -0.362 e. The van der Waals surface area contributed by atoms with Gasteiger partial charge in [0.1, 0.15) is 11.4 Å². The van der Waals surface area contributed by atoms with Crippen molar-refractivity contribution in [2.75, 3.05) is 51.3 Å². The number of carbonyl (C=O) groups is 3. The molecule has 0 radical (unpaired) electrons. The molecule has 5 rings (SSSR count). The number of rotatable bonds is 4. The van der Waals surface area contributed by atoms with Crippen molar-refractivity contribution in [3.63, 3.8) is 0 Å². The maximum atomic E-state index is 13.3. The van der Waals surface area contributed by atoms with Crippen molar-refractivity contribution in [3.05, 3.63) is 40.7 Å². The van der Waals surface area contributed by atoms with Gasteiger partial charge in [0.05, 0.1) is 12.1 Å². The Labute approximate surface area is 210 Å². The molecule has 0 unspecified atom stereocenters. The number of anilines is 1. The summed E-state index contributed by atoms with van der Waals surface area (Å²) in [6, 6.07) is 7.42. The number of nitrogens with zero attached hydrogens (tertiary/aromatic N) is 3. The third-order valence-electron chi connectivity index (χ3n) is 7.92. The Morgan fingerprint density at radius 1 is 1.03 bits per heavy atom. The number of hydrogen-bond donors (Lipinski definition) is 3. The molecule has 3 fully saturated rings. The van der Waals surface area contributed by atoms with Crippen molar-refractivity contribution in [1.29, 1.82) is 0 Å². The first kappa shape index (κ1) is 23.9. The Morgan fingerprint density at radius 2 is 1.74 bits per heavy atom. The summed E-state index contributed by atoms with van der Waals surface area (Å²) in [6.45, 7) is 4.01. The number of hydrogen-bond acceptors (Lipinski definition) is 6. The zero-order chi connectivity index (χ0) is 24.6. The van der Waals surface area contributed by atoms with Crippen LogP contribution in [0.4, 0.5) is 5.69 Å². The Hall–Kier alpha value is -2.78. The number of likely N-dealkylation sites (N-methyl/N-ethyl adjacent to an activating group) is 1. The van der Waals surface area contributed by atoms with E-state index in [-0.39, 0.29) is 29.2 Å². The van der Waals surface area contributed by atoms with Gasteiger partial charge < -0.3 is 30.7 Å². The van der Waals surface area contributed by atoms with Gasteiger partial charge in [-0.15, -0.1) is 0 Å². The van der Waals surface area contributed by atoms with E-state index in [0.717, 1.165) is 50.9 Å². The average Bonchev–Trinajstić information content (AvgIpc) is 3.46. The summed E-state index contributed by atoms with van der Waals surface area (Å²) in [6.07, 6.45) is 3.78. The highest BCUT2D eigenvalue weighted by Crippen LogP contribution is 2.46. The molecule has 1 aromatic rings. The predicted molar refractivity (Wildman–Crippen MR) is 133 cm³/mol. The third kappa shape index (κ3) is 4.71. The monoisotopic (exact) mass is 500 g/mol. The van der Waals surface area contributed by atoms with Crippen LogP contribution in [-0.2, 0) is 14.4 Å². The van der Waals surface area contributed by atoms with E-state index < -0.39 is 0 Å². The molecule has 1 saturated carbocycles. The van der Waals surface area contributed by atoms with E-state index in [0.29, 0.717) is 42.7 Å². The van der Waals surface area contributed by atoms with Crippen molar-refractivity contribution in [3.8, 4) is 0 Å². The van der Waals surface area contributed by atoms with Gasteiger partial charge in [0.15, 0.2) is 0 Å². The Balaban J connectivity index is 1.19. The molecular formula is C25H33ClN6O3. The molecule has 10 heteroatoms. The summed E-state index contributed by atoms with van der Waals surface area (Å²) in [5.41, 5.74) is 1.15. The van der Waals surface area contributed by atoms with Crippen LogP contribution in [0.2, 0.25) is 5.02 Å². The lowest BCUT2D eigenvalue weighted by molar-refractivity contribution is -0.130. The molecule has 0 atom stereocenters. The van der Waals surface area contributed by atoms with Gasteiger partial charge in [0.25, 0.3) is 11.8 Å². The smallest absolute Gasteiger partial charge is 0.272 e. The first-order valence-corrected chi connectivity index (χ1v) is 12.8. The second-order valence-electron chi connectivity index (χ2n) is 10.1. The Morgan fingerprint density at radius 3 is 2.46 bits per heavy atom. The fourth-order valence-electron chi connectivity index (χ4n) is 5.69. The summed E-state index contributed by atoms with van der Waals surface area (Å²) in [5, 5.41) is 9.81. The molecule has 35 heavy (non-hydrogen) atoms. The summed E-state index contributed by atoms with van der Waals surface area (Å²) in [7, 11) is 2.04. The first-order valence-electron chi connectivity index (χ1n) is 12.4. The molecule has 188 valence electrons. The van der Waals surface area contributed by atoms with Crippen molar-refractivity contribution in [2.24, 2.45) is 5.41 Å². The molecule has 3 aliphatic heterocycles. The van der Waals surface area contributed by atoms with Gasteiger partial charge in [-0.1, -0.05) is 17.7 Å². The number of nitrogens with one attached hydrogen (secondary N) is 3. The SMILES string of the molecule is CN1CCN(C(=O)C2=C(C(=O)N[C@H]3CC[C@@]4(CCN(c5cccc(Cl)c5)C4=O)CC3)NCN2)CC1.